The monoisotopic (exact) mass is 381 g/mol. The second-order valence-electron chi connectivity index (χ2n) is 4.05. The van der Waals surface area contributed by atoms with Gasteiger partial charge >= 0.3 is 0 Å². The van der Waals surface area contributed by atoms with E-state index in [0.717, 1.165) is 44.1 Å². The van der Waals surface area contributed by atoms with Gasteiger partial charge in [-0.1, -0.05) is 11.6 Å². The molecule has 2 N–H and O–H groups in total. The van der Waals surface area contributed by atoms with Crippen molar-refractivity contribution < 1.29 is 8.42 Å². The van der Waals surface area contributed by atoms with Gasteiger partial charge in [-0.25, -0.2) is 13.1 Å². The molecule has 5 nitrogen and oxygen atoms in total. The van der Waals surface area contributed by atoms with E-state index < -0.39 is 10.0 Å². The number of piperazine rings is 1. The molecule has 0 unspecified atom stereocenters. The highest BCUT2D eigenvalue weighted by Crippen LogP contribution is 2.25. The zero-order valence-corrected chi connectivity index (χ0v) is 14.7. The van der Waals surface area contributed by atoms with Crippen LogP contribution in [0.2, 0.25) is 4.34 Å². The minimum atomic E-state index is -3.40. The first-order valence-electron chi connectivity index (χ1n) is 5.76. The van der Waals surface area contributed by atoms with E-state index in [1.807, 2.05) is 0 Å². The van der Waals surface area contributed by atoms with E-state index in [9.17, 15) is 8.42 Å². The third kappa shape index (κ3) is 6.03. The van der Waals surface area contributed by atoms with Gasteiger partial charge in [-0.15, -0.1) is 36.2 Å². The van der Waals surface area contributed by atoms with Crippen LogP contribution in [-0.2, 0) is 10.0 Å². The predicted octanol–water partition coefficient (Wildman–Crippen LogP) is 1.43. The second-order valence-corrected chi connectivity index (χ2v) is 7.76. The molecule has 1 aromatic rings. The predicted molar refractivity (Wildman–Crippen MR) is 88.3 cm³/mol. The highest BCUT2D eigenvalue weighted by atomic mass is 35.5. The van der Waals surface area contributed by atoms with E-state index in [4.69, 9.17) is 11.6 Å². The molecule has 0 aromatic carbocycles. The first-order chi connectivity index (χ1) is 8.58. The molecule has 1 saturated heterocycles. The largest absolute Gasteiger partial charge is 0.314 e. The Kier molecular flexibility index (Phi) is 9.61. The van der Waals surface area contributed by atoms with E-state index in [1.165, 1.54) is 6.07 Å². The molecule has 0 aliphatic carbocycles. The van der Waals surface area contributed by atoms with Gasteiger partial charge in [0, 0.05) is 39.3 Å². The van der Waals surface area contributed by atoms with E-state index in [-0.39, 0.29) is 29.0 Å². The van der Waals surface area contributed by atoms with Gasteiger partial charge in [0.25, 0.3) is 0 Å². The lowest BCUT2D eigenvalue weighted by Gasteiger charge is -2.26. The molecule has 2 rings (SSSR count). The van der Waals surface area contributed by atoms with Crippen LogP contribution in [0.4, 0.5) is 0 Å². The number of sulfonamides is 1. The lowest BCUT2D eigenvalue weighted by molar-refractivity contribution is 0.245. The number of halogens is 3. The lowest BCUT2D eigenvalue weighted by atomic mass is 10.3. The van der Waals surface area contributed by atoms with Crippen LogP contribution < -0.4 is 10.0 Å². The van der Waals surface area contributed by atoms with Crippen LogP contribution in [0, 0.1) is 0 Å². The molecule has 0 spiro atoms. The summed E-state index contributed by atoms with van der Waals surface area (Å²) >= 11 is 6.81. The van der Waals surface area contributed by atoms with Gasteiger partial charge in [0.1, 0.15) is 4.21 Å². The van der Waals surface area contributed by atoms with Crippen molar-refractivity contribution in [3.63, 3.8) is 0 Å². The number of thiophene rings is 1. The summed E-state index contributed by atoms with van der Waals surface area (Å²) in [5.74, 6) is 0. The summed E-state index contributed by atoms with van der Waals surface area (Å²) < 4.78 is 27.1. The molecule has 1 aromatic heterocycles. The average molecular weight is 383 g/mol. The van der Waals surface area contributed by atoms with Crippen LogP contribution in [0.15, 0.2) is 16.3 Å². The summed E-state index contributed by atoms with van der Waals surface area (Å²) in [6.45, 7) is 5.03. The first kappa shape index (κ1) is 20.4. The van der Waals surface area contributed by atoms with Crippen LogP contribution in [0.25, 0.3) is 0 Å². The minimum Gasteiger partial charge on any atom is -0.314 e. The molecule has 0 amide bonds. The fraction of sp³-hybridized carbons (Fsp3) is 0.600. The fourth-order valence-corrected chi connectivity index (χ4v) is 4.33. The Bertz CT molecular complexity index is 490. The number of nitrogens with one attached hydrogen (secondary N) is 2. The molecular weight excluding hydrogens is 365 g/mol. The summed E-state index contributed by atoms with van der Waals surface area (Å²) in [4.78, 5) is 2.24. The van der Waals surface area contributed by atoms with Crippen molar-refractivity contribution in [2.75, 3.05) is 39.3 Å². The zero-order valence-electron chi connectivity index (χ0n) is 10.7. The van der Waals surface area contributed by atoms with Crippen LogP contribution >= 0.6 is 47.8 Å². The maximum atomic E-state index is 11.9. The Labute approximate surface area is 140 Å². The Balaban J connectivity index is 0.00000180. The molecule has 1 aliphatic rings. The summed E-state index contributed by atoms with van der Waals surface area (Å²) in [5, 5.41) is 3.26. The van der Waals surface area contributed by atoms with Crippen molar-refractivity contribution >= 4 is 57.8 Å². The lowest BCUT2D eigenvalue weighted by Crippen LogP contribution is -2.46. The third-order valence-electron chi connectivity index (χ3n) is 2.74. The van der Waals surface area contributed by atoms with Crippen LogP contribution in [0.3, 0.4) is 0 Å². The van der Waals surface area contributed by atoms with Crippen LogP contribution in [0.5, 0.6) is 0 Å². The van der Waals surface area contributed by atoms with Gasteiger partial charge in [0.15, 0.2) is 0 Å². The molecule has 0 radical (unpaired) electrons. The Morgan fingerprint density at radius 3 is 2.50 bits per heavy atom. The molecule has 20 heavy (non-hydrogen) atoms. The van der Waals surface area contributed by atoms with Crippen molar-refractivity contribution in [2.24, 2.45) is 0 Å². The van der Waals surface area contributed by atoms with E-state index >= 15 is 0 Å². The molecule has 0 atom stereocenters. The number of hydrogen-bond donors (Lipinski definition) is 2. The normalized spacial score (nSPS) is 16.2. The Morgan fingerprint density at radius 2 is 1.95 bits per heavy atom. The summed E-state index contributed by atoms with van der Waals surface area (Å²) in [6, 6.07) is 3.12. The van der Waals surface area contributed by atoms with Gasteiger partial charge in [-0.3, -0.25) is 4.90 Å². The van der Waals surface area contributed by atoms with Gasteiger partial charge in [-0.2, -0.15) is 0 Å². The minimum absolute atomic E-state index is 0. The van der Waals surface area contributed by atoms with Crippen LogP contribution in [0.1, 0.15) is 0 Å². The van der Waals surface area contributed by atoms with Crippen molar-refractivity contribution in [3.05, 3.63) is 16.5 Å². The first-order valence-corrected chi connectivity index (χ1v) is 8.44. The van der Waals surface area contributed by atoms with Crippen LogP contribution in [-0.4, -0.2) is 52.6 Å². The summed E-state index contributed by atoms with van der Waals surface area (Å²) in [7, 11) is -3.40. The maximum Gasteiger partial charge on any atom is 0.250 e. The highest BCUT2D eigenvalue weighted by Gasteiger charge is 2.17. The number of rotatable bonds is 5. The van der Waals surface area contributed by atoms with Gasteiger partial charge in [-0.05, 0) is 12.1 Å². The van der Waals surface area contributed by atoms with Gasteiger partial charge in [0.2, 0.25) is 10.0 Å². The van der Waals surface area contributed by atoms with E-state index in [0.29, 0.717) is 10.9 Å². The van der Waals surface area contributed by atoms with Gasteiger partial charge in [0.05, 0.1) is 4.34 Å². The Morgan fingerprint density at radius 1 is 1.30 bits per heavy atom. The van der Waals surface area contributed by atoms with E-state index in [2.05, 4.69) is 14.9 Å². The molecule has 0 saturated carbocycles. The third-order valence-corrected chi connectivity index (χ3v) is 5.93. The Hall–Kier alpha value is 0.400. The highest BCUT2D eigenvalue weighted by molar-refractivity contribution is 7.91. The smallest absolute Gasteiger partial charge is 0.250 e. The molecular formula is C10H18Cl3N3O2S2. The van der Waals surface area contributed by atoms with Crippen molar-refractivity contribution in [1.82, 2.24) is 14.9 Å². The maximum absolute atomic E-state index is 11.9. The molecule has 2 heterocycles. The summed E-state index contributed by atoms with van der Waals surface area (Å²) in [6.07, 6.45) is 0. The zero-order chi connectivity index (χ0) is 13.0. The van der Waals surface area contributed by atoms with Crippen molar-refractivity contribution in [3.8, 4) is 0 Å². The summed E-state index contributed by atoms with van der Waals surface area (Å²) in [5.41, 5.74) is 0. The molecule has 1 fully saturated rings. The van der Waals surface area contributed by atoms with Crippen molar-refractivity contribution in [1.29, 1.82) is 0 Å². The topological polar surface area (TPSA) is 61.4 Å². The number of hydrogen-bond acceptors (Lipinski definition) is 5. The second kappa shape index (κ2) is 9.42. The van der Waals surface area contributed by atoms with Crippen molar-refractivity contribution in [2.45, 2.75) is 4.21 Å². The fourth-order valence-electron chi connectivity index (χ4n) is 1.79. The molecule has 118 valence electrons. The molecule has 10 heteroatoms. The molecule has 0 bridgehead atoms. The standard InChI is InChI=1S/C10H16ClN3O2S2.2ClH/c11-9-1-2-10(17-9)18(15,16)13-5-8-14-6-3-12-4-7-14;;/h1-2,12-13H,3-8H2;2*1H. The molecule has 1 aliphatic heterocycles. The SMILES string of the molecule is Cl.Cl.O=S(=O)(NCCN1CCNCC1)c1ccc(Cl)s1. The number of nitrogens with zero attached hydrogens (tertiary/aromatic N) is 1. The quantitative estimate of drug-likeness (QED) is 0.809. The van der Waals surface area contributed by atoms with E-state index in [1.54, 1.807) is 6.07 Å². The van der Waals surface area contributed by atoms with Gasteiger partial charge < -0.3 is 5.32 Å². The average Bonchev–Trinajstić information content (AvgIpc) is 2.78.